The molecule has 0 aromatic heterocycles. The zero-order valence-electron chi connectivity index (χ0n) is 20.2. The Balaban J connectivity index is 1.68. The Morgan fingerprint density at radius 2 is 1.50 bits per heavy atom. The molecule has 3 rings (SSSR count). The molecule has 0 bridgehead atoms. The van der Waals surface area contributed by atoms with Gasteiger partial charge in [-0.2, -0.15) is 0 Å². The average Bonchev–Trinajstić information content (AvgIpc) is 2.91. The van der Waals surface area contributed by atoms with Crippen LogP contribution in [-0.2, 0) is 19.6 Å². The molecule has 1 N–H and O–H groups in total. The quantitative estimate of drug-likeness (QED) is 0.409. The molecule has 10 nitrogen and oxygen atoms in total. The SMILES string of the molecule is COC(=O)c1cc(OC)c(OC)cc1NC(=O)COc1ccc(N(C)S(=O)(=O)c2ccccc2)cc1. The molecule has 0 saturated heterocycles. The Morgan fingerprint density at radius 1 is 0.889 bits per heavy atom. The fourth-order valence-corrected chi connectivity index (χ4v) is 4.45. The van der Waals surface area contributed by atoms with Gasteiger partial charge in [0.1, 0.15) is 5.75 Å². The van der Waals surface area contributed by atoms with E-state index in [9.17, 15) is 18.0 Å². The first-order valence-corrected chi connectivity index (χ1v) is 12.1. The summed E-state index contributed by atoms with van der Waals surface area (Å²) in [4.78, 5) is 24.9. The number of nitrogens with one attached hydrogen (secondary N) is 1. The maximum atomic E-state index is 12.8. The lowest BCUT2D eigenvalue weighted by molar-refractivity contribution is -0.118. The largest absolute Gasteiger partial charge is 0.493 e. The van der Waals surface area contributed by atoms with E-state index < -0.39 is 21.9 Å². The minimum absolute atomic E-state index is 0.0792. The van der Waals surface area contributed by atoms with Gasteiger partial charge in [0, 0.05) is 19.2 Å². The van der Waals surface area contributed by atoms with Gasteiger partial charge in [-0.1, -0.05) is 18.2 Å². The minimum Gasteiger partial charge on any atom is -0.493 e. The molecule has 190 valence electrons. The molecular formula is C25H26N2O8S. The van der Waals surface area contributed by atoms with Crippen molar-refractivity contribution in [1.82, 2.24) is 0 Å². The highest BCUT2D eigenvalue weighted by atomic mass is 32.2. The monoisotopic (exact) mass is 514 g/mol. The van der Waals surface area contributed by atoms with Crippen LogP contribution in [0.2, 0.25) is 0 Å². The first kappa shape index (κ1) is 26.4. The van der Waals surface area contributed by atoms with Crippen LogP contribution in [0.1, 0.15) is 10.4 Å². The number of ether oxygens (including phenoxy) is 4. The lowest BCUT2D eigenvalue weighted by Gasteiger charge is -2.20. The summed E-state index contributed by atoms with van der Waals surface area (Å²) in [6.07, 6.45) is 0. The van der Waals surface area contributed by atoms with Gasteiger partial charge in [0.15, 0.2) is 18.1 Å². The zero-order chi connectivity index (χ0) is 26.3. The Morgan fingerprint density at radius 3 is 2.08 bits per heavy atom. The minimum atomic E-state index is -3.72. The summed E-state index contributed by atoms with van der Waals surface area (Å²) in [6.45, 7) is -0.369. The van der Waals surface area contributed by atoms with Crippen molar-refractivity contribution in [2.45, 2.75) is 4.90 Å². The summed E-state index contributed by atoms with van der Waals surface area (Å²) in [5, 5.41) is 2.60. The van der Waals surface area contributed by atoms with E-state index in [1.165, 1.54) is 52.6 Å². The Labute approximate surface area is 209 Å². The third kappa shape index (κ3) is 5.87. The molecule has 0 heterocycles. The van der Waals surface area contributed by atoms with Crippen molar-refractivity contribution < 1.29 is 37.0 Å². The molecule has 0 aliphatic rings. The van der Waals surface area contributed by atoms with Gasteiger partial charge in [0.25, 0.3) is 15.9 Å². The van der Waals surface area contributed by atoms with Crippen LogP contribution in [0.5, 0.6) is 17.2 Å². The number of methoxy groups -OCH3 is 3. The second-order valence-electron chi connectivity index (χ2n) is 7.36. The fraction of sp³-hybridized carbons (Fsp3) is 0.200. The van der Waals surface area contributed by atoms with Crippen molar-refractivity contribution in [1.29, 1.82) is 0 Å². The molecule has 0 fully saturated rings. The van der Waals surface area contributed by atoms with Gasteiger partial charge in [-0.25, -0.2) is 13.2 Å². The van der Waals surface area contributed by atoms with Gasteiger partial charge in [-0.3, -0.25) is 9.10 Å². The summed E-state index contributed by atoms with van der Waals surface area (Å²) in [5.41, 5.74) is 0.662. The van der Waals surface area contributed by atoms with E-state index in [0.717, 1.165) is 4.31 Å². The Hall–Kier alpha value is -4.25. The molecule has 0 unspecified atom stereocenters. The van der Waals surface area contributed by atoms with Crippen LogP contribution in [0.15, 0.2) is 71.6 Å². The molecule has 11 heteroatoms. The molecule has 3 aromatic rings. The smallest absolute Gasteiger partial charge is 0.340 e. The number of benzene rings is 3. The lowest BCUT2D eigenvalue weighted by Crippen LogP contribution is -2.26. The van der Waals surface area contributed by atoms with Gasteiger partial charge in [0.05, 0.1) is 43.2 Å². The maximum Gasteiger partial charge on any atom is 0.340 e. The van der Waals surface area contributed by atoms with E-state index in [0.29, 0.717) is 22.9 Å². The van der Waals surface area contributed by atoms with Crippen LogP contribution in [0.3, 0.4) is 0 Å². The van der Waals surface area contributed by atoms with Crippen LogP contribution in [0, 0.1) is 0 Å². The predicted molar refractivity (Wildman–Crippen MR) is 133 cm³/mol. The van der Waals surface area contributed by atoms with Crippen LogP contribution < -0.4 is 23.8 Å². The number of amides is 1. The third-order valence-electron chi connectivity index (χ3n) is 5.17. The fourth-order valence-electron chi connectivity index (χ4n) is 3.24. The number of esters is 1. The van der Waals surface area contributed by atoms with Gasteiger partial charge in [0.2, 0.25) is 0 Å². The van der Waals surface area contributed by atoms with Crippen LogP contribution in [-0.4, -0.2) is 55.3 Å². The maximum absolute atomic E-state index is 12.8. The number of sulfonamides is 1. The van der Waals surface area contributed by atoms with Crippen molar-refractivity contribution in [3.05, 3.63) is 72.3 Å². The number of nitrogens with zero attached hydrogens (tertiary/aromatic N) is 1. The van der Waals surface area contributed by atoms with E-state index in [2.05, 4.69) is 5.32 Å². The van der Waals surface area contributed by atoms with E-state index in [1.54, 1.807) is 42.5 Å². The summed E-state index contributed by atoms with van der Waals surface area (Å²) in [5.74, 6) is -0.254. The summed E-state index contributed by atoms with van der Waals surface area (Å²) in [7, 11) is 1.81. The van der Waals surface area contributed by atoms with Crippen molar-refractivity contribution >= 4 is 33.3 Å². The molecule has 36 heavy (non-hydrogen) atoms. The molecule has 0 atom stereocenters. The molecule has 0 radical (unpaired) electrons. The van der Waals surface area contributed by atoms with E-state index in [1.807, 2.05) is 0 Å². The zero-order valence-corrected chi connectivity index (χ0v) is 21.0. The van der Waals surface area contributed by atoms with Crippen LogP contribution in [0.4, 0.5) is 11.4 Å². The topological polar surface area (TPSA) is 120 Å². The van der Waals surface area contributed by atoms with E-state index in [-0.39, 0.29) is 22.8 Å². The average molecular weight is 515 g/mol. The highest BCUT2D eigenvalue weighted by molar-refractivity contribution is 7.92. The van der Waals surface area contributed by atoms with E-state index in [4.69, 9.17) is 18.9 Å². The molecule has 3 aromatic carbocycles. The summed E-state index contributed by atoms with van der Waals surface area (Å²) >= 11 is 0. The van der Waals surface area contributed by atoms with Crippen LogP contribution >= 0.6 is 0 Å². The summed E-state index contributed by atoms with van der Waals surface area (Å²) in [6, 6.07) is 17.2. The highest BCUT2D eigenvalue weighted by Gasteiger charge is 2.21. The molecule has 0 spiro atoms. The van der Waals surface area contributed by atoms with Gasteiger partial charge < -0.3 is 24.3 Å². The standard InChI is InChI=1S/C25H26N2O8S/c1-27(36(30,31)19-8-6-5-7-9-19)17-10-12-18(13-11-17)35-16-24(28)26-21-15-23(33-3)22(32-2)14-20(21)25(29)34-4/h5-15H,16H2,1-4H3,(H,26,28). The number of hydrogen-bond acceptors (Lipinski definition) is 8. The molecule has 1 amide bonds. The second kappa shape index (κ2) is 11.5. The van der Waals surface area contributed by atoms with Crippen molar-refractivity contribution in [3.8, 4) is 17.2 Å². The molecule has 0 aliphatic carbocycles. The predicted octanol–water partition coefficient (Wildman–Crippen LogP) is 3.33. The third-order valence-corrected chi connectivity index (χ3v) is 6.97. The first-order valence-electron chi connectivity index (χ1n) is 10.6. The number of carbonyl (C=O) groups is 2. The normalized spacial score (nSPS) is 10.8. The number of anilines is 2. The Kier molecular flexibility index (Phi) is 8.38. The lowest BCUT2D eigenvalue weighted by atomic mass is 10.1. The highest BCUT2D eigenvalue weighted by Crippen LogP contribution is 2.34. The number of hydrogen-bond donors (Lipinski definition) is 1. The van der Waals surface area contributed by atoms with Gasteiger partial charge in [-0.15, -0.1) is 0 Å². The van der Waals surface area contributed by atoms with Crippen LogP contribution in [0.25, 0.3) is 0 Å². The van der Waals surface area contributed by atoms with Crippen molar-refractivity contribution in [2.24, 2.45) is 0 Å². The molecule has 0 aliphatic heterocycles. The number of carbonyl (C=O) groups excluding carboxylic acids is 2. The van der Waals surface area contributed by atoms with Crippen molar-refractivity contribution in [2.75, 3.05) is 44.6 Å². The second-order valence-corrected chi connectivity index (χ2v) is 9.33. The van der Waals surface area contributed by atoms with Crippen molar-refractivity contribution in [3.63, 3.8) is 0 Å². The van der Waals surface area contributed by atoms with E-state index >= 15 is 0 Å². The number of rotatable bonds is 10. The summed E-state index contributed by atoms with van der Waals surface area (Å²) < 4.78 is 47.4. The Bertz CT molecular complexity index is 1330. The first-order chi connectivity index (χ1) is 17.2. The molecular weight excluding hydrogens is 488 g/mol. The van der Waals surface area contributed by atoms with Gasteiger partial charge in [-0.05, 0) is 36.4 Å². The van der Waals surface area contributed by atoms with Gasteiger partial charge >= 0.3 is 5.97 Å². The molecule has 0 saturated carbocycles.